The van der Waals surface area contributed by atoms with Crippen LogP contribution in [0.5, 0.6) is 0 Å². The van der Waals surface area contributed by atoms with Gasteiger partial charge in [-0.1, -0.05) is 6.92 Å². The minimum absolute atomic E-state index is 0.638. The Morgan fingerprint density at radius 1 is 1.64 bits per heavy atom. The Balaban J connectivity index is 2.35. The molecule has 0 aliphatic carbocycles. The third-order valence-corrected chi connectivity index (χ3v) is 4.77. The Bertz CT molecular complexity index is 262. The van der Waals surface area contributed by atoms with Crippen molar-refractivity contribution in [2.24, 2.45) is 0 Å². The summed E-state index contributed by atoms with van der Waals surface area (Å²) in [5, 5.41) is 5.69. The molecule has 0 radical (unpaired) electrons. The van der Waals surface area contributed by atoms with E-state index >= 15 is 0 Å². The van der Waals surface area contributed by atoms with Gasteiger partial charge in [-0.25, -0.2) is 0 Å². The van der Waals surface area contributed by atoms with Crippen molar-refractivity contribution >= 4 is 39.0 Å². The molecule has 1 heterocycles. The lowest BCUT2D eigenvalue weighted by Crippen LogP contribution is -2.29. The Morgan fingerprint density at radius 2 is 2.43 bits per heavy atom. The first kappa shape index (κ1) is 12.6. The maximum Gasteiger partial charge on any atom is 0.0327 e. The highest BCUT2D eigenvalue weighted by atomic mass is 79.9. The molecule has 0 saturated carbocycles. The summed E-state index contributed by atoms with van der Waals surface area (Å²) in [6, 6.07) is 2.75. The summed E-state index contributed by atoms with van der Waals surface area (Å²) in [7, 11) is 0. The van der Waals surface area contributed by atoms with E-state index in [1.54, 1.807) is 11.3 Å². The highest BCUT2D eigenvalue weighted by Gasteiger charge is 2.06. The predicted octanol–water partition coefficient (Wildman–Crippen LogP) is 3.74. The summed E-state index contributed by atoms with van der Waals surface area (Å²) < 4.78 is 1.23. The van der Waals surface area contributed by atoms with Gasteiger partial charge in [0.25, 0.3) is 0 Å². The van der Waals surface area contributed by atoms with E-state index in [1.165, 1.54) is 21.5 Å². The average Bonchev–Trinajstić information content (AvgIpc) is 2.59. The minimum atomic E-state index is 0.638. The van der Waals surface area contributed by atoms with Crippen LogP contribution in [0.3, 0.4) is 0 Å². The Morgan fingerprint density at radius 3 is 2.93 bits per heavy atom. The van der Waals surface area contributed by atoms with Crippen molar-refractivity contribution in [1.82, 2.24) is 5.32 Å². The van der Waals surface area contributed by atoms with Crippen molar-refractivity contribution in [2.75, 3.05) is 12.0 Å². The molecule has 0 aliphatic heterocycles. The van der Waals surface area contributed by atoms with Gasteiger partial charge in [-0.2, -0.15) is 11.8 Å². The summed E-state index contributed by atoms with van der Waals surface area (Å²) in [4.78, 5) is 1.39. The number of halogens is 1. The fourth-order valence-corrected chi connectivity index (χ4v) is 3.41. The van der Waals surface area contributed by atoms with Crippen molar-refractivity contribution in [3.8, 4) is 0 Å². The molecule has 0 fully saturated rings. The molecule has 80 valence electrons. The number of hydrogen-bond donors (Lipinski definition) is 1. The van der Waals surface area contributed by atoms with Gasteiger partial charge >= 0.3 is 0 Å². The van der Waals surface area contributed by atoms with Crippen LogP contribution in [0.15, 0.2) is 15.9 Å². The van der Waals surface area contributed by atoms with Crippen LogP contribution < -0.4 is 5.32 Å². The SMILES string of the molecule is CCC(CSC)NCc1sccc1Br. The molecule has 1 nitrogen and oxygen atoms in total. The van der Waals surface area contributed by atoms with Gasteiger partial charge < -0.3 is 5.32 Å². The first-order valence-electron chi connectivity index (χ1n) is 4.72. The first-order valence-corrected chi connectivity index (χ1v) is 7.78. The second-order valence-electron chi connectivity index (χ2n) is 3.13. The number of thioether (sulfide) groups is 1. The van der Waals surface area contributed by atoms with Crippen molar-refractivity contribution < 1.29 is 0 Å². The van der Waals surface area contributed by atoms with E-state index in [9.17, 15) is 0 Å². The lowest BCUT2D eigenvalue weighted by Gasteiger charge is -2.14. The molecule has 1 aromatic heterocycles. The van der Waals surface area contributed by atoms with Crippen molar-refractivity contribution in [3.63, 3.8) is 0 Å². The lowest BCUT2D eigenvalue weighted by atomic mass is 10.2. The second kappa shape index (κ2) is 6.88. The minimum Gasteiger partial charge on any atom is -0.308 e. The van der Waals surface area contributed by atoms with Gasteiger partial charge in [0, 0.05) is 27.7 Å². The molecule has 0 amide bonds. The molecule has 0 aliphatic rings. The van der Waals surface area contributed by atoms with E-state index in [4.69, 9.17) is 0 Å². The zero-order valence-corrected chi connectivity index (χ0v) is 11.8. The van der Waals surface area contributed by atoms with Gasteiger partial charge in [0.15, 0.2) is 0 Å². The van der Waals surface area contributed by atoms with Gasteiger partial charge in [-0.3, -0.25) is 0 Å². The monoisotopic (exact) mass is 293 g/mol. The predicted molar refractivity (Wildman–Crippen MR) is 71.3 cm³/mol. The molecular weight excluding hydrogens is 278 g/mol. The van der Waals surface area contributed by atoms with E-state index in [0.717, 1.165) is 6.54 Å². The maximum atomic E-state index is 3.57. The van der Waals surface area contributed by atoms with Gasteiger partial charge in [-0.05, 0) is 40.1 Å². The number of thiophene rings is 1. The zero-order valence-electron chi connectivity index (χ0n) is 8.55. The molecule has 0 bridgehead atoms. The Hall–Kier alpha value is 0.490. The summed E-state index contributed by atoms with van der Waals surface area (Å²) in [6.45, 7) is 3.22. The molecule has 1 rings (SSSR count). The fourth-order valence-electron chi connectivity index (χ4n) is 1.21. The number of rotatable bonds is 6. The summed E-state index contributed by atoms with van der Waals surface area (Å²) in [5.74, 6) is 1.19. The maximum absolute atomic E-state index is 3.57. The van der Waals surface area contributed by atoms with E-state index < -0.39 is 0 Å². The molecule has 1 atom stereocenters. The quantitative estimate of drug-likeness (QED) is 0.857. The van der Waals surface area contributed by atoms with Gasteiger partial charge in [0.2, 0.25) is 0 Å². The van der Waals surface area contributed by atoms with Crippen LogP contribution in [-0.2, 0) is 6.54 Å². The standard InChI is InChI=1S/C10H16BrNS2/c1-3-8(7-13-2)12-6-10-9(11)4-5-14-10/h4-5,8,12H,3,6-7H2,1-2H3. The van der Waals surface area contributed by atoms with Crippen LogP contribution in [0.4, 0.5) is 0 Å². The van der Waals surface area contributed by atoms with Crippen LogP contribution in [0.25, 0.3) is 0 Å². The fraction of sp³-hybridized carbons (Fsp3) is 0.600. The summed E-state index contributed by atoms with van der Waals surface area (Å²) in [5.41, 5.74) is 0. The summed E-state index contributed by atoms with van der Waals surface area (Å²) in [6.07, 6.45) is 3.36. The van der Waals surface area contributed by atoms with E-state index in [1.807, 2.05) is 11.8 Å². The van der Waals surface area contributed by atoms with E-state index in [0.29, 0.717) is 6.04 Å². The molecular formula is C10H16BrNS2. The average molecular weight is 294 g/mol. The van der Waals surface area contributed by atoms with Gasteiger partial charge in [0.05, 0.1) is 0 Å². The van der Waals surface area contributed by atoms with Crippen molar-refractivity contribution in [2.45, 2.75) is 25.9 Å². The van der Waals surface area contributed by atoms with Crippen LogP contribution >= 0.6 is 39.0 Å². The molecule has 1 N–H and O–H groups in total. The van der Waals surface area contributed by atoms with Crippen LogP contribution in [0, 0.1) is 0 Å². The van der Waals surface area contributed by atoms with Crippen molar-refractivity contribution in [1.29, 1.82) is 0 Å². The molecule has 1 unspecified atom stereocenters. The first-order chi connectivity index (χ1) is 6.77. The summed E-state index contributed by atoms with van der Waals surface area (Å²) >= 11 is 7.25. The second-order valence-corrected chi connectivity index (χ2v) is 5.90. The van der Waals surface area contributed by atoms with Crippen LogP contribution in [0.1, 0.15) is 18.2 Å². The molecule has 0 spiro atoms. The highest BCUT2D eigenvalue weighted by Crippen LogP contribution is 2.22. The largest absolute Gasteiger partial charge is 0.308 e. The number of hydrogen-bond acceptors (Lipinski definition) is 3. The molecule has 1 aromatic rings. The lowest BCUT2D eigenvalue weighted by molar-refractivity contribution is 0.544. The third kappa shape index (κ3) is 3.93. The van der Waals surface area contributed by atoms with Crippen LogP contribution in [0.2, 0.25) is 0 Å². The highest BCUT2D eigenvalue weighted by molar-refractivity contribution is 9.10. The zero-order chi connectivity index (χ0) is 10.4. The van der Waals surface area contributed by atoms with E-state index in [2.05, 4.69) is 45.9 Å². The van der Waals surface area contributed by atoms with Crippen LogP contribution in [-0.4, -0.2) is 18.1 Å². The van der Waals surface area contributed by atoms with Gasteiger partial charge in [-0.15, -0.1) is 11.3 Å². The topological polar surface area (TPSA) is 12.0 Å². The molecule has 4 heteroatoms. The smallest absolute Gasteiger partial charge is 0.0327 e. The van der Waals surface area contributed by atoms with Gasteiger partial charge in [0.1, 0.15) is 0 Å². The number of nitrogens with one attached hydrogen (secondary N) is 1. The molecule has 14 heavy (non-hydrogen) atoms. The van der Waals surface area contributed by atoms with E-state index in [-0.39, 0.29) is 0 Å². The third-order valence-electron chi connectivity index (χ3n) is 2.10. The Kier molecular flexibility index (Phi) is 6.17. The molecule has 0 saturated heterocycles. The van der Waals surface area contributed by atoms with Crippen molar-refractivity contribution in [3.05, 3.63) is 20.8 Å². The molecule has 0 aromatic carbocycles. The Labute approximate surface area is 103 Å². The normalized spacial score (nSPS) is 13.1.